The zero-order valence-corrected chi connectivity index (χ0v) is 25.9. The molecule has 2 heterocycles. The van der Waals surface area contributed by atoms with Gasteiger partial charge in [0, 0.05) is 34.3 Å². The van der Waals surface area contributed by atoms with Gasteiger partial charge in [0.2, 0.25) is 0 Å². The van der Waals surface area contributed by atoms with Gasteiger partial charge in [-0.1, -0.05) is 105 Å². The van der Waals surface area contributed by atoms with Crippen LogP contribution in [0.4, 0.5) is 0 Å². The number of para-hydroxylation sites is 2. The highest BCUT2D eigenvalue weighted by Gasteiger charge is 2.36. The first-order chi connectivity index (χ1) is 22.6. The van der Waals surface area contributed by atoms with E-state index in [2.05, 4.69) is 169 Å². The lowest BCUT2D eigenvalue weighted by atomic mass is 9.80. The van der Waals surface area contributed by atoms with Gasteiger partial charge in [-0.2, -0.15) is 0 Å². The number of fused-ring (bicyclic) bond motifs is 6. The minimum atomic E-state index is -0.110. The van der Waals surface area contributed by atoms with Crippen LogP contribution in [0.25, 0.3) is 72.0 Å². The van der Waals surface area contributed by atoms with Gasteiger partial charge in [0.05, 0.1) is 11.0 Å². The third kappa shape index (κ3) is 4.07. The van der Waals surface area contributed by atoms with E-state index in [1.807, 2.05) is 12.4 Å². The molecule has 0 radical (unpaired) electrons. The Labute approximate surface area is 269 Å². The van der Waals surface area contributed by atoms with E-state index in [1.165, 1.54) is 83.1 Å². The van der Waals surface area contributed by atoms with Gasteiger partial charge in [-0.3, -0.25) is 4.98 Å². The molecule has 46 heavy (non-hydrogen) atoms. The van der Waals surface area contributed by atoms with Crippen LogP contribution in [-0.2, 0) is 5.41 Å². The highest BCUT2D eigenvalue weighted by atomic mass is 15.0. The van der Waals surface area contributed by atoms with Crippen LogP contribution in [0.15, 0.2) is 158 Å². The predicted molar refractivity (Wildman–Crippen MR) is 192 cm³/mol. The minimum absolute atomic E-state index is 0.110. The predicted octanol–water partition coefficient (Wildman–Crippen LogP) is 11.5. The Morgan fingerprint density at radius 2 is 0.935 bits per heavy atom. The van der Waals surface area contributed by atoms with Crippen molar-refractivity contribution < 1.29 is 0 Å². The molecule has 2 heteroatoms. The lowest BCUT2D eigenvalue weighted by molar-refractivity contribution is 0.661. The molecule has 0 N–H and O–H groups in total. The number of hydrogen-bond acceptors (Lipinski definition) is 1. The zero-order valence-electron chi connectivity index (χ0n) is 25.9. The van der Waals surface area contributed by atoms with Gasteiger partial charge in [-0.15, -0.1) is 0 Å². The Morgan fingerprint density at radius 3 is 1.63 bits per heavy atom. The van der Waals surface area contributed by atoms with Crippen LogP contribution < -0.4 is 0 Å². The average molecular weight is 589 g/mol. The Hall–Kier alpha value is -5.73. The summed E-state index contributed by atoms with van der Waals surface area (Å²) in [6.45, 7) is 4.74. The SMILES string of the molecule is CC1(C)c2cc(-c3ccc(-c4ccncc4)cc3)ccc2-c2ccc(-c3ccc4c(c3)c3ccccc3n4-c3ccccc3)cc21. The van der Waals surface area contributed by atoms with Crippen LogP contribution in [0.5, 0.6) is 0 Å². The van der Waals surface area contributed by atoms with Crippen LogP contribution >= 0.6 is 0 Å². The summed E-state index contributed by atoms with van der Waals surface area (Å²) in [5.74, 6) is 0. The van der Waals surface area contributed by atoms with Gasteiger partial charge in [-0.25, -0.2) is 0 Å². The standard InChI is InChI=1S/C44H32N2/c1-44(2)40-27-33(30-14-12-29(13-15-30)31-22-24-45-25-23-31)16-19-36(40)37-20-17-34(28-41(37)44)32-18-21-43-39(26-32)38-10-6-7-11-42(38)46(43)35-8-4-3-5-9-35/h3-28H,1-2H3. The number of aromatic nitrogens is 2. The first kappa shape index (κ1) is 26.7. The third-order valence-electron chi connectivity index (χ3n) is 9.93. The van der Waals surface area contributed by atoms with E-state index in [9.17, 15) is 0 Å². The van der Waals surface area contributed by atoms with Crippen molar-refractivity contribution in [1.29, 1.82) is 0 Å². The molecule has 0 unspecified atom stereocenters. The summed E-state index contributed by atoms with van der Waals surface area (Å²) in [6, 6.07) is 53.4. The molecule has 0 bridgehead atoms. The second-order valence-electron chi connectivity index (χ2n) is 12.9. The summed E-state index contributed by atoms with van der Waals surface area (Å²) in [5, 5.41) is 2.55. The van der Waals surface area contributed by atoms with E-state index in [0.29, 0.717) is 0 Å². The quantitative estimate of drug-likeness (QED) is 0.200. The molecule has 0 aliphatic heterocycles. The molecule has 0 saturated carbocycles. The number of pyridine rings is 1. The second kappa shape index (κ2) is 10.2. The molecular formula is C44H32N2. The van der Waals surface area contributed by atoms with Crippen molar-refractivity contribution in [2.75, 3.05) is 0 Å². The Balaban J connectivity index is 1.10. The van der Waals surface area contributed by atoms with Crippen molar-refractivity contribution in [1.82, 2.24) is 9.55 Å². The normalized spacial score (nSPS) is 13.2. The Kier molecular flexibility index (Phi) is 5.88. The molecule has 2 nitrogen and oxygen atoms in total. The van der Waals surface area contributed by atoms with Crippen LogP contribution in [0.2, 0.25) is 0 Å². The van der Waals surface area contributed by atoms with Crippen molar-refractivity contribution >= 4 is 21.8 Å². The van der Waals surface area contributed by atoms with E-state index in [0.717, 1.165) is 0 Å². The summed E-state index contributed by atoms with van der Waals surface area (Å²) in [6.07, 6.45) is 3.69. The topological polar surface area (TPSA) is 17.8 Å². The van der Waals surface area contributed by atoms with Gasteiger partial charge >= 0.3 is 0 Å². The van der Waals surface area contributed by atoms with Crippen LogP contribution in [-0.4, -0.2) is 9.55 Å². The first-order valence-corrected chi connectivity index (χ1v) is 16.0. The summed E-state index contributed by atoms with van der Waals surface area (Å²) in [4.78, 5) is 4.16. The van der Waals surface area contributed by atoms with Gasteiger partial charge < -0.3 is 4.57 Å². The lowest BCUT2D eigenvalue weighted by Crippen LogP contribution is -2.15. The number of hydrogen-bond donors (Lipinski definition) is 0. The average Bonchev–Trinajstić information content (AvgIpc) is 3.57. The number of benzene rings is 6. The highest BCUT2D eigenvalue weighted by Crippen LogP contribution is 2.51. The van der Waals surface area contributed by atoms with Crippen molar-refractivity contribution in [2.24, 2.45) is 0 Å². The fraction of sp³-hybridized carbons (Fsp3) is 0.0682. The number of nitrogens with zero attached hydrogens (tertiary/aromatic N) is 2. The van der Waals surface area contributed by atoms with E-state index in [4.69, 9.17) is 0 Å². The summed E-state index contributed by atoms with van der Waals surface area (Å²) < 4.78 is 2.38. The minimum Gasteiger partial charge on any atom is -0.309 e. The Morgan fingerprint density at radius 1 is 0.435 bits per heavy atom. The van der Waals surface area contributed by atoms with Gasteiger partial charge in [0.15, 0.2) is 0 Å². The molecule has 0 saturated heterocycles. The van der Waals surface area contributed by atoms with E-state index >= 15 is 0 Å². The smallest absolute Gasteiger partial charge is 0.0541 e. The summed E-state index contributed by atoms with van der Waals surface area (Å²) in [7, 11) is 0. The maximum absolute atomic E-state index is 4.16. The molecule has 0 fully saturated rings. The molecule has 218 valence electrons. The second-order valence-corrected chi connectivity index (χ2v) is 12.9. The fourth-order valence-corrected chi connectivity index (χ4v) is 7.50. The van der Waals surface area contributed by atoms with Crippen LogP contribution in [0.3, 0.4) is 0 Å². The number of rotatable bonds is 4. The maximum atomic E-state index is 4.16. The van der Waals surface area contributed by atoms with E-state index in [-0.39, 0.29) is 5.41 Å². The third-order valence-corrected chi connectivity index (χ3v) is 9.93. The molecule has 1 aliphatic carbocycles. The van der Waals surface area contributed by atoms with E-state index < -0.39 is 0 Å². The first-order valence-electron chi connectivity index (χ1n) is 16.0. The van der Waals surface area contributed by atoms with E-state index in [1.54, 1.807) is 0 Å². The molecule has 1 aliphatic rings. The maximum Gasteiger partial charge on any atom is 0.0541 e. The molecular weight excluding hydrogens is 556 g/mol. The van der Waals surface area contributed by atoms with Crippen LogP contribution in [0, 0.1) is 0 Å². The molecule has 9 rings (SSSR count). The van der Waals surface area contributed by atoms with Crippen molar-refractivity contribution in [3.8, 4) is 50.2 Å². The molecule has 0 amide bonds. The van der Waals surface area contributed by atoms with Gasteiger partial charge in [0.25, 0.3) is 0 Å². The zero-order chi connectivity index (χ0) is 30.8. The van der Waals surface area contributed by atoms with Crippen molar-refractivity contribution in [3.05, 3.63) is 169 Å². The van der Waals surface area contributed by atoms with Gasteiger partial charge in [0.1, 0.15) is 0 Å². The monoisotopic (exact) mass is 588 g/mol. The fourth-order valence-electron chi connectivity index (χ4n) is 7.50. The molecule has 6 aromatic carbocycles. The molecule has 0 spiro atoms. The van der Waals surface area contributed by atoms with Crippen molar-refractivity contribution in [2.45, 2.75) is 19.3 Å². The molecule has 2 aromatic heterocycles. The molecule has 0 atom stereocenters. The lowest BCUT2D eigenvalue weighted by Gasteiger charge is -2.22. The highest BCUT2D eigenvalue weighted by molar-refractivity contribution is 6.10. The Bertz CT molecular complexity index is 2410. The molecule has 8 aromatic rings. The summed E-state index contributed by atoms with van der Waals surface area (Å²) >= 11 is 0. The van der Waals surface area contributed by atoms with Gasteiger partial charge in [-0.05, 0) is 110 Å². The van der Waals surface area contributed by atoms with Crippen LogP contribution in [0.1, 0.15) is 25.0 Å². The summed E-state index contributed by atoms with van der Waals surface area (Å²) in [5.41, 5.74) is 16.4. The largest absolute Gasteiger partial charge is 0.309 e. The van der Waals surface area contributed by atoms with Crippen molar-refractivity contribution in [3.63, 3.8) is 0 Å².